The van der Waals surface area contributed by atoms with Gasteiger partial charge in [0.2, 0.25) is 0 Å². The first kappa shape index (κ1) is 9.20. The van der Waals surface area contributed by atoms with Crippen molar-refractivity contribution in [3.05, 3.63) is 46.8 Å². The fourth-order valence-electron chi connectivity index (χ4n) is 1.25. The highest BCUT2D eigenvalue weighted by Crippen LogP contribution is 2.18. The number of aromatic hydroxyl groups is 1. The smallest absolute Gasteiger partial charge is 0.439 e. The Morgan fingerprint density at radius 1 is 1.33 bits per heavy atom. The molecular formula is C9H7N3O3. The number of phenolic OH excluding ortho intramolecular Hbond substituents is 1. The van der Waals surface area contributed by atoms with E-state index in [0.29, 0.717) is 5.69 Å². The minimum absolute atomic E-state index is 0.113. The second kappa shape index (κ2) is 3.41. The third kappa shape index (κ3) is 1.64. The lowest BCUT2D eigenvalue weighted by Gasteiger charge is -2.00. The minimum Gasteiger partial charge on any atom is -0.508 e. The van der Waals surface area contributed by atoms with Crippen molar-refractivity contribution in [3.8, 4) is 11.4 Å². The van der Waals surface area contributed by atoms with Crippen LogP contribution in [0.15, 0.2) is 36.7 Å². The van der Waals surface area contributed by atoms with Gasteiger partial charge in [0.05, 0.1) is 0 Å². The number of nitro groups is 1. The standard InChI is InChI=1S/C9H7N3O3/c13-8-3-1-7(2-4-8)11-6-5-10-9(11)12(14)15/h1-6,13H. The van der Waals surface area contributed by atoms with Crippen LogP contribution in [-0.4, -0.2) is 19.6 Å². The third-order valence-electron chi connectivity index (χ3n) is 1.91. The maximum absolute atomic E-state index is 10.6. The second-order valence-electron chi connectivity index (χ2n) is 2.87. The van der Waals surface area contributed by atoms with Gasteiger partial charge in [0, 0.05) is 0 Å². The van der Waals surface area contributed by atoms with Crippen LogP contribution in [0.5, 0.6) is 5.75 Å². The Bertz CT molecular complexity index is 490. The monoisotopic (exact) mass is 205 g/mol. The molecule has 1 N–H and O–H groups in total. The summed E-state index contributed by atoms with van der Waals surface area (Å²) in [6.45, 7) is 0. The molecule has 6 heteroatoms. The van der Waals surface area contributed by atoms with E-state index in [4.69, 9.17) is 5.11 Å². The highest BCUT2D eigenvalue weighted by Gasteiger charge is 2.15. The van der Waals surface area contributed by atoms with Crippen molar-refractivity contribution < 1.29 is 10.0 Å². The number of imidazole rings is 1. The van der Waals surface area contributed by atoms with Crippen molar-refractivity contribution in [2.45, 2.75) is 0 Å². The molecular weight excluding hydrogens is 198 g/mol. The summed E-state index contributed by atoms with van der Waals surface area (Å²) >= 11 is 0. The van der Waals surface area contributed by atoms with Gasteiger partial charge >= 0.3 is 5.95 Å². The van der Waals surface area contributed by atoms with Crippen molar-refractivity contribution in [1.29, 1.82) is 0 Å². The van der Waals surface area contributed by atoms with Gasteiger partial charge in [-0.15, -0.1) is 0 Å². The molecule has 0 saturated heterocycles. The van der Waals surface area contributed by atoms with Gasteiger partial charge in [0.15, 0.2) is 0 Å². The van der Waals surface area contributed by atoms with E-state index in [2.05, 4.69) is 4.98 Å². The molecule has 0 unspecified atom stereocenters. The molecule has 0 fully saturated rings. The van der Waals surface area contributed by atoms with Crippen molar-refractivity contribution in [1.82, 2.24) is 9.55 Å². The summed E-state index contributed by atoms with van der Waals surface area (Å²) in [6.07, 6.45) is 2.84. The Morgan fingerprint density at radius 3 is 2.60 bits per heavy atom. The number of aromatic nitrogens is 2. The fourth-order valence-corrected chi connectivity index (χ4v) is 1.25. The molecule has 0 atom stereocenters. The highest BCUT2D eigenvalue weighted by atomic mass is 16.6. The highest BCUT2D eigenvalue weighted by molar-refractivity contribution is 5.39. The molecule has 2 rings (SSSR count). The summed E-state index contributed by atoms with van der Waals surface area (Å²) < 4.78 is 1.33. The molecule has 0 bridgehead atoms. The second-order valence-corrected chi connectivity index (χ2v) is 2.87. The number of phenols is 1. The first-order valence-corrected chi connectivity index (χ1v) is 4.15. The van der Waals surface area contributed by atoms with Crippen LogP contribution in [0.1, 0.15) is 0 Å². The summed E-state index contributed by atoms with van der Waals surface area (Å²) in [7, 11) is 0. The first-order chi connectivity index (χ1) is 7.18. The van der Waals surface area contributed by atoms with E-state index in [0.717, 1.165) is 0 Å². The average molecular weight is 205 g/mol. The topological polar surface area (TPSA) is 81.2 Å². The zero-order chi connectivity index (χ0) is 10.8. The summed E-state index contributed by atoms with van der Waals surface area (Å²) in [6, 6.07) is 6.06. The Morgan fingerprint density at radius 2 is 2.00 bits per heavy atom. The summed E-state index contributed by atoms with van der Waals surface area (Å²) in [5.41, 5.74) is 0.581. The Labute approximate surface area is 84.6 Å². The van der Waals surface area contributed by atoms with E-state index in [-0.39, 0.29) is 11.7 Å². The van der Waals surface area contributed by atoms with Crippen LogP contribution in [0, 0.1) is 10.1 Å². The number of hydrogen-bond donors (Lipinski definition) is 1. The maximum atomic E-state index is 10.6. The molecule has 0 radical (unpaired) electrons. The first-order valence-electron chi connectivity index (χ1n) is 4.15. The Hall–Kier alpha value is -2.37. The van der Waals surface area contributed by atoms with Gasteiger partial charge in [-0.2, -0.15) is 4.57 Å². The molecule has 0 amide bonds. The van der Waals surface area contributed by atoms with Gasteiger partial charge in [-0.1, -0.05) is 4.98 Å². The predicted octanol–water partition coefficient (Wildman–Crippen LogP) is 1.49. The molecule has 15 heavy (non-hydrogen) atoms. The number of benzene rings is 1. The number of hydrogen-bond acceptors (Lipinski definition) is 4. The normalized spacial score (nSPS) is 10.1. The van der Waals surface area contributed by atoms with E-state index >= 15 is 0 Å². The summed E-state index contributed by atoms with van der Waals surface area (Å²) in [5.74, 6) is -0.137. The summed E-state index contributed by atoms with van der Waals surface area (Å²) in [5, 5.41) is 19.7. The van der Waals surface area contributed by atoms with Crippen LogP contribution < -0.4 is 0 Å². The molecule has 6 nitrogen and oxygen atoms in total. The zero-order valence-corrected chi connectivity index (χ0v) is 7.57. The van der Waals surface area contributed by atoms with Crippen LogP contribution in [0.3, 0.4) is 0 Å². The average Bonchev–Trinajstić information content (AvgIpc) is 2.67. The van der Waals surface area contributed by atoms with Gasteiger partial charge < -0.3 is 15.2 Å². The molecule has 1 aromatic heterocycles. The number of rotatable bonds is 2. The number of nitrogens with zero attached hydrogens (tertiary/aromatic N) is 3. The molecule has 0 aliphatic carbocycles. The lowest BCUT2D eigenvalue weighted by atomic mass is 10.3. The van der Waals surface area contributed by atoms with Gasteiger partial charge in [-0.05, 0) is 29.2 Å². The quantitative estimate of drug-likeness (QED) is 0.594. The molecule has 2 aromatic rings. The van der Waals surface area contributed by atoms with Gasteiger partial charge in [-0.25, -0.2) is 0 Å². The van der Waals surface area contributed by atoms with Gasteiger partial charge in [0.1, 0.15) is 23.8 Å². The predicted molar refractivity (Wildman–Crippen MR) is 51.9 cm³/mol. The third-order valence-corrected chi connectivity index (χ3v) is 1.91. The van der Waals surface area contributed by atoms with E-state index in [9.17, 15) is 10.1 Å². The lowest BCUT2D eigenvalue weighted by molar-refractivity contribution is -0.395. The maximum Gasteiger partial charge on any atom is 0.439 e. The Kier molecular flexibility index (Phi) is 2.09. The molecule has 1 aromatic carbocycles. The van der Waals surface area contributed by atoms with Crippen molar-refractivity contribution in [3.63, 3.8) is 0 Å². The molecule has 0 spiro atoms. The van der Waals surface area contributed by atoms with Crippen LogP contribution in [0.4, 0.5) is 5.95 Å². The Balaban J connectivity index is 2.49. The van der Waals surface area contributed by atoms with Gasteiger partial charge in [0.25, 0.3) is 0 Å². The van der Waals surface area contributed by atoms with Crippen molar-refractivity contribution >= 4 is 5.95 Å². The van der Waals surface area contributed by atoms with E-state index < -0.39 is 4.92 Å². The van der Waals surface area contributed by atoms with Gasteiger partial charge in [-0.3, -0.25) is 0 Å². The zero-order valence-electron chi connectivity index (χ0n) is 7.57. The molecule has 0 aliphatic heterocycles. The SMILES string of the molecule is O=[N+]([O-])c1nccn1-c1ccc(O)cc1. The molecule has 0 aliphatic rings. The van der Waals surface area contributed by atoms with Crippen LogP contribution in [-0.2, 0) is 0 Å². The molecule has 1 heterocycles. The van der Waals surface area contributed by atoms with E-state index in [1.807, 2.05) is 0 Å². The van der Waals surface area contributed by atoms with Crippen LogP contribution in [0.25, 0.3) is 5.69 Å². The van der Waals surface area contributed by atoms with E-state index in [1.54, 1.807) is 12.1 Å². The minimum atomic E-state index is -0.563. The molecule has 76 valence electrons. The fraction of sp³-hybridized carbons (Fsp3) is 0. The van der Waals surface area contributed by atoms with E-state index in [1.165, 1.54) is 29.1 Å². The van der Waals surface area contributed by atoms with Crippen LogP contribution >= 0.6 is 0 Å². The van der Waals surface area contributed by atoms with Crippen molar-refractivity contribution in [2.24, 2.45) is 0 Å². The van der Waals surface area contributed by atoms with Crippen LogP contribution in [0.2, 0.25) is 0 Å². The largest absolute Gasteiger partial charge is 0.508 e. The molecule has 0 saturated carbocycles. The van der Waals surface area contributed by atoms with Crippen molar-refractivity contribution in [2.75, 3.05) is 0 Å². The lowest BCUT2D eigenvalue weighted by Crippen LogP contribution is -1.99. The summed E-state index contributed by atoms with van der Waals surface area (Å²) in [4.78, 5) is 13.6.